The highest BCUT2D eigenvalue weighted by molar-refractivity contribution is 7.89. The van der Waals surface area contributed by atoms with Gasteiger partial charge in [0.25, 0.3) is 6.43 Å². The molecule has 1 aromatic rings. The summed E-state index contributed by atoms with van der Waals surface area (Å²) >= 11 is 0. The summed E-state index contributed by atoms with van der Waals surface area (Å²) in [6.45, 7) is 0. The molecule has 0 bridgehead atoms. The molecule has 1 aromatic heterocycles. The van der Waals surface area contributed by atoms with Crippen LogP contribution in [0.2, 0.25) is 0 Å². The smallest absolute Gasteiger partial charge is 0.279 e. The molecule has 1 rings (SSSR count). The second-order valence-electron chi connectivity index (χ2n) is 2.55. The summed E-state index contributed by atoms with van der Waals surface area (Å²) in [6, 6.07) is 0. The van der Waals surface area contributed by atoms with E-state index in [1.807, 2.05) is 0 Å². The first-order chi connectivity index (χ1) is 6.75. The lowest BCUT2D eigenvalue weighted by atomic mass is 10.3. The summed E-state index contributed by atoms with van der Waals surface area (Å²) in [6.07, 6.45) is -2.93. The van der Waals surface area contributed by atoms with Crippen molar-refractivity contribution in [3.8, 4) is 0 Å². The van der Waals surface area contributed by atoms with E-state index in [0.29, 0.717) is 6.20 Å². The zero-order valence-corrected chi connectivity index (χ0v) is 7.82. The molecule has 0 aliphatic heterocycles. The Morgan fingerprint density at radius 1 is 1.40 bits per heavy atom. The highest BCUT2D eigenvalue weighted by Crippen LogP contribution is 2.20. The number of nitrogens with one attached hydrogen (secondary N) is 1. The largest absolute Gasteiger partial charge is 0.356 e. The topological polar surface area (TPSA) is 93.0 Å². The molecule has 0 amide bonds. The molecule has 0 aliphatic rings. The van der Waals surface area contributed by atoms with Gasteiger partial charge >= 0.3 is 0 Å². The summed E-state index contributed by atoms with van der Waals surface area (Å²) in [5.41, 5.74) is -2.89. The quantitative estimate of drug-likeness (QED) is 0.770. The highest BCUT2D eigenvalue weighted by Gasteiger charge is 2.26. The van der Waals surface area contributed by atoms with E-state index in [1.165, 1.54) is 0 Å². The van der Waals surface area contributed by atoms with E-state index >= 15 is 0 Å². The van der Waals surface area contributed by atoms with Gasteiger partial charge in [0, 0.05) is 6.20 Å². The molecule has 1 heterocycles. The summed E-state index contributed by atoms with van der Waals surface area (Å²) in [5, 5.41) is 4.52. The van der Waals surface area contributed by atoms with Crippen LogP contribution in [0.15, 0.2) is 15.9 Å². The van der Waals surface area contributed by atoms with Crippen molar-refractivity contribution in [2.45, 2.75) is 11.3 Å². The first-order valence-corrected chi connectivity index (χ1v) is 5.02. The molecule has 0 atom stereocenters. The van der Waals surface area contributed by atoms with E-state index in [0.717, 1.165) is 0 Å². The van der Waals surface area contributed by atoms with Crippen LogP contribution >= 0.6 is 0 Å². The SMILES string of the molecule is NS(=O)(=O)c1c(C(F)F)[nH]cc(F)c1=O. The lowest BCUT2D eigenvalue weighted by Crippen LogP contribution is -2.26. The van der Waals surface area contributed by atoms with Gasteiger partial charge in [-0.2, -0.15) is 0 Å². The minimum absolute atomic E-state index is 0.346. The predicted molar refractivity (Wildman–Crippen MR) is 43.4 cm³/mol. The van der Waals surface area contributed by atoms with E-state index in [1.54, 1.807) is 4.98 Å². The van der Waals surface area contributed by atoms with Crippen LogP contribution in [0.25, 0.3) is 0 Å². The normalized spacial score (nSPS) is 12.1. The van der Waals surface area contributed by atoms with Crippen LogP contribution in [-0.2, 0) is 10.0 Å². The van der Waals surface area contributed by atoms with Crippen LogP contribution < -0.4 is 10.6 Å². The average Bonchev–Trinajstić information content (AvgIpc) is 2.06. The molecule has 0 aromatic carbocycles. The van der Waals surface area contributed by atoms with Gasteiger partial charge in [0.2, 0.25) is 15.5 Å². The number of H-pyrrole nitrogens is 1. The van der Waals surface area contributed by atoms with E-state index in [-0.39, 0.29) is 0 Å². The number of primary sulfonamides is 1. The number of pyridine rings is 1. The molecule has 0 saturated carbocycles. The van der Waals surface area contributed by atoms with Crippen molar-refractivity contribution >= 4 is 10.0 Å². The maximum atomic E-state index is 12.6. The van der Waals surface area contributed by atoms with E-state index in [2.05, 4.69) is 5.14 Å². The number of rotatable bonds is 2. The first kappa shape index (κ1) is 11.7. The van der Waals surface area contributed by atoms with Gasteiger partial charge in [-0.25, -0.2) is 26.7 Å². The Hall–Kier alpha value is -1.35. The maximum absolute atomic E-state index is 12.6. The Labute approximate surface area is 81.8 Å². The number of sulfonamides is 1. The predicted octanol–water partition coefficient (Wildman–Crippen LogP) is 0.0990. The minimum atomic E-state index is -4.70. The van der Waals surface area contributed by atoms with Crippen molar-refractivity contribution in [3.63, 3.8) is 0 Å². The number of alkyl halides is 2. The van der Waals surface area contributed by atoms with Gasteiger partial charge in [0.15, 0.2) is 10.7 Å². The molecule has 0 aliphatic carbocycles. The number of nitrogens with two attached hydrogens (primary N) is 1. The summed E-state index contributed by atoms with van der Waals surface area (Å²) in [5.74, 6) is -1.50. The second-order valence-corrected chi connectivity index (χ2v) is 4.05. The van der Waals surface area contributed by atoms with Crippen LogP contribution in [0.3, 0.4) is 0 Å². The van der Waals surface area contributed by atoms with Crippen LogP contribution in [-0.4, -0.2) is 13.4 Å². The van der Waals surface area contributed by atoms with Gasteiger partial charge in [-0.15, -0.1) is 0 Å². The van der Waals surface area contributed by atoms with E-state index < -0.39 is 38.3 Å². The first-order valence-electron chi connectivity index (χ1n) is 3.47. The fourth-order valence-electron chi connectivity index (χ4n) is 0.948. The maximum Gasteiger partial charge on any atom is 0.279 e. The molecule has 0 spiro atoms. The van der Waals surface area contributed by atoms with Crippen molar-refractivity contribution in [1.29, 1.82) is 0 Å². The molecule has 0 unspecified atom stereocenters. The van der Waals surface area contributed by atoms with Gasteiger partial charge in [0.1, 0.15) is 5.69 Å². The summed E-state index contributed by atoms with van der Waals surface area (Å²) < 4.78 is 58.7. The van der Waals surface area contributed by atoms with Crippen LogP contribution in [0.4, 0.5) is 13.2 Å². The van der Waals surface area contributed by atoms with Gasteiger partial charge in [0.05, 0.1) is 0 Å². The molecule has 84 valence electrons. The number of halogens is 3. The van der Waals surface area contributed by atoms with Crippen molar-refractivity contribution in [3.05, 3.63) is 27.9 Å². The molecule has 0 saturated heterocycles. The van der Waals surface area contributed by atoms with E-state index in [4.69, 9.17) is 0 Å². The molecule has 15 heavy (non-hydrogen) atoms. The van der Waals surface area contributed by atoms with Crippen LogP contribution in [0, 0.1) is 5.82 Å². The van der Waals surface area contributed by atoms with Gasteiger partial charge in [-0.1, -0.05) is 0 Å². The average molecular weight is 242 g/mol. The number of aromatic nitrogens is 1. The Morgan fingerprint density at radius 2 is 1.93 bits per heavy atom. The fourth-order valence-corrected chi connectivity index (χ4v) is 1.76. The Kier molecular flexibility index (Phi) is 2.86. The van der Waals surface area contributed by atoms with Crippen molar-refractivity contribution in [2.75, 3.05) is 0 Å². The van der Waals surface area contributed by atoms with E-state index in [9.17, 15) is 26.4 Å². The number of hydrogen-bond donors (Lipinski definition) is 2. The van der Waals surface area contributed by atoms with Crippen molar-refractivity contribution in [1.82, 2.24) is 4.98 Å². The van der Waals surface area contributed by atoms with Gasteiger partial charge in [-0.05, 0) is 0 Å². The van der Waals surface area contributed by atoms with Gasteiger partial charge < -0.3 is 4.98 Å². The third-order valence-electron chi connectivity index (χ3n) is 1.52. The van der Waals surface area contributed by atoms with Crippen LogP contribution in [0.1, 0.15) is 12.1 Å². The molecule has 3 N–H and O–H groups in total. The molecule has 5 nitrogen and oxygen atoms in total. The Balaban J connectivity index is 3.73. The fraction of sp³-hybridized carbons (Fsp3) is 0.167. The molecule has 0 fully saturated rings. The molecular formula is C6H5F3N2O3S. The van der Waals surface area contributed by atoms with Gasteiger partial charge in [-0.3, -0.25) is 4.79 Å². The Bertz CT molecular complexity index is 537. The second kappa shape index (κ2) is 3.66. The van der Waals surface area contributed by atoms with Crippen molar-refractivity contribution < 1.29 is 21.6 Å². The zero-order valence-electron chi connectivity index (χ0n) is 7.00. The third kappa shape index (κ3) is 2.18. The molecule has 0 radical (unpaired) electrons. The highest BCUT2D eigenvalue weighted by atomic mass is 32.2. The standard InChI is InChI=1S/C6H5F3N2O3S/c7-2-1-11-3(6(8)9)5(4(2)12)15(10,13)14/h1,6H,(H,11,12)(H2,10,13,14). The molecule has 9 heteroatoms. The third-order valence-corrected chi connectivity index (χ3v) is 2.50. The number of hydrogen-bond acceptors (Lipinski definition) is 3. The lowest BCUT2D eigenvalue weighted by molar-refractivity contribution is 0.141. The van der Waals surface area contributed by atoms with Crippen molar-refractivity contribution in [2.24, 2.45) is 5.14 Å². The molecular weight excluding hydrogens is 237 g/mol. The Morgan fingerprint density at radius 3 is 2.33 bits per heavy atom. The summed E-state index contributed by atoms with van der Waals surface area (Å²) in [7, 11) is -4.70. The van der Waals surface area contributed by atoms with Crippen LogP contribution in [0.5, 0.6) is 0 Å². The minimum Gasteiger partial charge on any atom is -0.356 e. The number of aromatic amines is 1. The zero-order chi connectivity index (χ0) is 11.8. The monoisotopic (exact) mass is 242 g/mol. The lowest BCUT2D eigenvalue weighted by Gasteiger charge is -2.05. The summed E-state index contributed by atoms with van der Waals surface area (Å²) in [4.78, 5) is 11.2.